The maximum Gasteiger partial charge on any atom is 0.244 e. The first-order chi connectivity index (χ1) is 16.4. The summed E-state index contributed by atoms with van der Waals surface area (Å²) < 4.78 is -0.934. The Morgan fingerprint density at radius 3 is 2.59 bits per heavy atom. The lowest BCUT2D eigenvalue weighted by atomic mass is 9.66. The van der Waals surface area contributed by atoms with Gasteiger partial charge in [-0.3, -0.25) is 14.4 Å². The molecule has 2 unspecified atom stereocenters. The summed E-state index contributed by atoms with van der Waals surface area (Å²) in [7, 11) is 0. The molecule has 3 saturated heterocycles. The number of amides is 3. The third-order valence-corrected chi connectivity index (χ3v) is 9.74. The highest BCUT2D eigenvalue weighted by Gasteiger charge is 2.76. The van der Waals surface area contributed by atoms with Crippen molar-refractivity contribution < 1.29 is 19.5 Å². The SMILES string of the molecule is CCCCNC(=O)C1N(CCCCO)C(=O)[C@@H]2[C@@H](C(=O)NCc3ccccc3)[C@@]3(C)CCC12S3. The summed E-state index contributed by atoms with van der Waals surface area (Å²) in [6.07, 6.45) is 4.66. The first kappa shape index (κ1) is 25.0. The number of rotatable bonds is 11. The molecule has 4 rings (SSSR count). The maximum atomic E-state index is 13.8. The minimum absolute atomic E-state index is 0.0568. The minimum atomic E-state index is -0.573. The van der Waals surface area contributed by atoms with Crippen LogP contribution in [0, 0.1) is 11.8 Å². The molecule has 7 nitrogen and oxygen atoms in total. The fourth-order valence-corrected chi connectivity index (χ4v) is 8.50. The summed E-state index contributed by atoms with van der Waals surface area (Å²) >= 11 is 1.70. The predicted octanol–water partition coefficient (Wildman–Crippen LogP) is 2.47. The maximum absolute atomic E-state index is 13.8. The van der Waals surface area contributed by atoms with Crippen molar-refractivity contribution in [2.45, 2.75) is 74.5 Å². The van der Waals surface area contributed by atoms with E-state index in [2.05, 4.69) is 24.5 Å². The van der Waals surface area contributed by atoms with Crippen molar-refractivity contribution in [3.63, 3.8) is 0 Å². The van der Waals surface area contributed by atoms with E-state index in [1.165, 1.54) is 0 Å². The van der Waals surface area contributed by atoms with Crippen LogP contribution in [-0.2, 0) is 20.9 Å². The number of fused-ring (bicyclic) bond motifs is 1. The van der Waals surface area contributed by atoms with E-state index < -0.39 is 22.6 Å². The average molecular weight is 488 g/mol. The number of benzene rings is 1. The van der Waals surface area contributed by atoms with E-state index in [1.807, 2.05) is 30.3 Å². The number of carbonyl (C=O) groups excluding carboxylic acids is 3. The van der Waals surface area contributed by atoms with Gasteiger partial charge in [0.25, 0.3) is 0 Å². The molecule has 186 valence electrons. The van der Waals surface area contributed by atoms with Crippen LogP contribution in [-0.4, -0.2) is 63.0 Å². The zero-order valence-electron chi connectivity index (χ0n) is 20.2. The molecule has 0 radical (unpaired) electrons. The Labute approximate surface area is 206 Å². The third kappa shape index (κ3) is 4.35. The topological polar surface area (TPSA) is 98.7 Å². The summed E-state index contributed by atoms with van der Waals surface area (Å²) in [5, 5.41) is 15.4. The number of thioether (sulfide) groups is 1. The van der Waals surface area contributed by atoms with Gasteiger partial charge in [-0.1, -0.05) is 43.7 Å². The summed E-state index contributed by atoms with van der Waals surface area (Å²) in [6.45, 7) is 5.67. The molecule has 3 N–H and O–H groups in total. The van der Waals surface area contributed by atoms with E-state index >= 15 is 0 Å². The highest BCUT2D eigenvalue weighted by atomic mass is 32.2. The van der Waals surface area contributed by atoms with Crippen LogP contribution in [0.2, 0.25) is 0 Å². The van der Waals surface area contributed by atoms with Gasteiger partial charge in [0.1, 0.15) is 6.04 Å². The average Bonchev–Trinajstić information content (AvgIpc) is 3.39. The number of aliphatic hydroxyl groups is 1. The molecule has 0 aromatic heterocycles. The molecule has 3 amide bonds. The minimum Gasteiger partial charge on any atom is -0.396 e. The molecule has 1 aromatic carbocycles. The lowest BCUT2D eigenvalue weighted by molar-refractivity contribution is -0.140. The first-order valence-electron chi connectivity index (χ1n) is 12.6. The van der Waals surface area contributed by atoms with Gasteiger partial charge in [0.15, 0.2) is 0 Å². The molecular formula is C26H37N3O4S. The Kier molecular flexibility index (Phi) is 7.57. The Hall–Kier alpha value is -2.06. The second kappa shape index (κ2) is 10.3. The van der Waals surface area contributed by atoms with Crippen LogP contribution in [0.4, 0.5) is 0 Å². The Morgan fingerprint density at radius 2 is 1.88 bits per heavy atom. The zero-order chi connectivity index (χ0) is 24.3. The zero-order valence-corrected chi connectivity index (χ0v) is 21.0. The molecule has 5 atom stereocenters. The van der Waals surface area contributed by atoms with Crippen molar-refractivity contribution >= 4 is 29.5 Å². The van der Waals surface area contributed by atoms with Crippen molar-refractivity contribution in [2.24, 2.45) is 11.8 Å². The summed E-state index contributed by atoms with van der Waals surface area (Å²) in [4.78, 5) is 42.5. The van der Waals surface area contributed by atoms with Crippen LogP contribution in [0.3, 0.4) is 0 Å². The number of nitrogens with zero attached hydrogens (tertiary/aromatic N) is 1. The Morgan fingerprint density at radius 1 is 1.12 bits per heavy atom. The van der Waals surface area contributed by atoms with Crippen LogP contribution in [0.1, 0.15) is 57.9 Å². The van der Waals surface area contributed by atoms with Crippen LogP contribution in [0.15, 0.2) is 30.3 Å². The fraction of sp³-hybridized carbons (Fsp3) is 0.654. The second-order valence-corrected chi connectivity index (χ2v) is 11.9. The standard InChI is InChI=1S/C26H37N3O4S/c1-3-4-14-27-23(32)21-26-13-12-25(2,34-26)19(20(26)24(33)29(21)15-8-9-16-30)22(31)28-17-18-10-6-5-7-11-18/h5-7,10-11,19-21,30H,3-4,8-9,12-17H2,1-2H3,(H,27,32)(H,28,31)/t19-,20-,21?,25+,26?/m0/s1. The lowest BCUT2D eigenvalue weighted by Gasteiger charge is -2.34. The number of hydrogen-bond acceptors (Lipinski definition) is 5. The van der Waals surface area contributed by atoms with Gasteiger partial charge in [-0.05, 0) is 44.6 Å². The molecule has 3 heterocycles. The number of unbranched alkanes of at least 4 members (excludes halogenated alkanes) is 2. The van der Waals surface area contributed by atoms with Gasteiger partial charge in [0.2, 0.25) is 17.7 Å². The largest absolute Gasteiger partial charge is 0.396 e. The highest BCUT2D eigenvalue weighted by molar-refractivity contribution is 8.02. The van der Waals surface area contributed by atoms with E-state index in [9.17, 15) is 19.5 Å². The van der Waals surface area contributed by atoms with E-state index in [4.69, 9.17) is 0 Å². The molecule has 34 heavy (non-hydrogen) atoms. The third-order valence-electron chi connectivity index (χ3n) is 7.75. The number of aliphatic hydroxyl groups excluding tert-OH is 1. The van der Waals surface area contributed by atoms with Gasteiger partial charge in [-0.15, -0.1) is 11.8 Å². The molecule has 1 aromatic rings. The monoisotopic (exact) mass is 487 g/mol. The van der Waals surface area contributed by atoms with Gasteiger partial charge in [-0.2, -0.15) is 0 Å². The normalized spacial score (nSPS) is 31.6. The van der Waals surface area contributed by atoms with Gasteiger partial charge in [-0.25, -0.2) is 0 Å². The van der Waals surface area contributed by atoms with Crippen LogP contribution in [0.5, 0.6) is 0 Å². The highest BCUT2D eigenvalue weighted by Crippen LogP contribution is 2.71. The first-order valence-corrected chi connectivity index (χ1v) is 13.4. The summed E-state index contributed by atoms with van der Waals surface area (Å²) in [5.74, 6) is -1.24. The number of hydrogen-bond donors (Lipinski definition) is 3. The second-order valence-electron chi connectivity index (χ2n) is 10.0. The van der Waals surface area contributed by atoms with E-state index in [-0.39, 0.29) is 29.1 Å². The molecular weight excluding hydrogens is 450 g/mol. The van der Waals surface area contributed by atoms with Gasteiger partial charge in [0, 0.05) is 31.0 Å². The van der Waals surface area contributed by atoms with E-state index in [0.29, 0.717) is 32.5 Å². The van der Waals surface area contributed by atoms with Crippen molar-refractivity contribution in [2.75, 3.05) is 19.7 Å². The molecule has 8 heteroatoms. The fourth-order valence-electron chi connectivity index (χ4n) is 6.14. The Balaban J connectivity index is 1.59. The van der Waals surface area contributed by atoms with Crippen LogP contribution in [0.25, 0.3) is 0 Å². The van der Waals surface area contributed by atoms with E-state index in [1.54, 1.807) is 16.7 Å². The molecule has 0 aliphatic carbocycles. The smallest absolute Gasteiger partial charge is 0.244 e. The molecule has 3 aliphatic heterocycles. The van der Waals surface area contributed by atoms with Crippen molar-refractivity contribution in [1.82, 2.24) is 15.5 Å². The lowest BCUT2D eigenvalue weighted by Crippen LogP contribution is -2.54. The summed E-state index contributed by atoms with van der Waals surface area (Å²) in [6, 6.07) is 9.20. The van der Waals surface area contributed by atoms with E-state index in [0.717, 1.165) is 31.2 Å². The number of carbonyl (C=O) groups is 3. The van der Waals surface area contributed by atoms with Crippen LogP contribution < -0.4 is 10.6 Å². The molecule has 0 saturated carbocycles. The number of nitrogens with one attached hydrogen (secondary N) is 2. The molecule has 1 spiro atoms. The van der Waals surface area contributed by atoms with Gasteiger partial charge in [0.05, 0.1) is 16.6 Å². The predicted molar refractivity (Wildman–Crippen MR) is 133 cm³/mol. The van der Waals surface area contributed by atoms with Gasteiger partial charge >= 0.3 is 0 Å². The number of likely N-dealkylation sites (tertiary alicyclic amines) is 1. The molecule has 3 fully saturated rings. The van der Waals surface area contributed by atoms with Crippen LogP contribution >= 0.6 is 11.8 Å². The van der Waals surface area contributed by atoms with Crippen molar-refractivity contribution in [3.05, 3.63) is 35.9 Å². The Bertz CT molecular complexity index is 913. The van der Waals surface area contributed by atoms with Crippen molar-refractivity contribution in [1.29, 1.82) is 0 Å². The van der Waals surface area contributed by atoms with Crippen molar-refractivity contribution in [3.8, 4) is 0 Å². The van der Waals surface area contributed by atoms with Gasteiger partial charge < -0.3 is 20.6 Å². The molecule has 2 bridgehead atoms. The molecule has 3 aliphatic rings. The quantitative estimate of drug-likeness (QED) is 0.417. The summed E-state index contributed by atoms with van der Waals surface area (Å²) in [5.41, 5.74) is 1.02.